The van der Waals surface area contributed by atoms with Crippen LogP contribution >= 0.6 is 0 Å². The Bertz CT molecular complexity index is 730. The van der Waals surface area contributed by atoms with E-state index in [1.807, 2.05) is 6.92 Å². The maximum Gasteiger partial charge on any atom is 0.338 e. The van der Waals surface area contributed by atoms with E-state index in [2.05, 4.69) is 5.32 Å². The lowest BCUT2D eigenvalue weighted by molar-refractivity contribution is -0.120. The molecule has 1 saturated heterocycles. The number of amides is 1. The number of carbonyl (C=O) groups excluding carboxylic acids is 2. The molecule has 1 aromatic rings. The molecule has 26 heavy (non-hydrogen) atoms. The van der Waals surface area contributed by atoms with Crippen LogP contribution in [0, 0.1) is 5.92 Å². The van der Waals surface area contributed by atoms with Crippen molar-refractivity contribution >= 4 is 27.6 Å². The van der Waals surface area contributed by atoms with Gasteiger partial charge in [-0.15, -0.1) is 0 Å². The lowest BCUT2D eigenvalue weighted by Crippen LogP contribution is -2.43. The van der Waals surface area contributed by atoms with Crippen LogP contribution in [-0.2, 0) is 19.6 Å². The molecule has 0 bridgehead atoms. The van der Waals surface area contributed by atoms with E-state index in [0.29, 0.717) is 37.2 Å². The molecule has 1 heterocycles. The van der Waals surface area contributed by atoms with E-state index in [0.717, 1.165) is 19.1 Å². The van der Waals surface area contributed by atoms with Crippen LogP contribution in [0.3, 0.4) is 0 Å². The number of nitrogens with one attached hydrogen (secondary N) is 1. The molecule has 0 unspecified atom stereocenters. The highest BCUT2D eigenvalue weighted by Gasteiger charge is 2.30. The fraction of sp³-hybridized carbons (Fsp3) is 0.556. The average Bonchev–Trinajstić information content (AvgIpc) is 2.62. The van der Waals surface area contributed by atoms with E-state index >= 15 is 0 Å². The molecule has 7 nitrogen and oxygen atoms in total. The number of benzene rings is 1. The number of nitrogens with zero attached hydrogens (tertiary/aromatic N) is 1. The average molecular weight is 382 g/mol. The Balaban J connectivity index is 1.92. The second-order valence-electron chi connectivity index (χ2n) is 6.52. The second kappa shape index (κ2) is 9.14. The number of carbonyl (C=O) groups is 2. The molecule has 0 spiro atoms. The SMILES string of the molecule is CCCCOC(=O)c1ccc(NC(=O)[C@@H]2CCCN(S(C)(=O)=O)C2)cc1. The summed E-state index contributed by atoms with van der Waals surface area (Å²) in [7, 11) is -3.29. The van der Waals surface area contributed by atoms with E-state index < -0.39 is 10.0 Å². The van der Waals surface area contributed by atoms with Crippen LogP contribution in [0.5, 0.6) is 0 Å². The molecule has 0 radical (unpaired) electrons. The summed E-state index contributed by atoms with van der Waals surface area (Å²) in [6.45, 7) is 3.07. The fourth-order valence-electron chi connectivity index (χ4n) is 2.78. The first-order valence-electron chi connectivity index (χ1n) is 8.84. The van der Waals surface area contributed by atoms with E-state index in [1.54, 1.807) is 24.3 Å². The molecule has 1 N–H and O–H groups in total. The summed E-state index contributed by atoms with van der Waals surface area (Å²) in [5.74, 6) is -0.971. The second-order valence-corrected chi connectivity index (χ2v) is 8.50. The minimum absolute atomic E-state index is 0.201. The highest BCUT2D eigenvalue weighted by molar-refractivity contribution is 7.88. The number of hydrogen-bond donors (Lipinski definition) is 1. The van der Waals surface area contributed by atoms with Gasteiger partial charge in [0.2, 0.25) is 15.9 Å². The molecule has 144 valence electrons. The standard InChI is InChI=1S/C18H26N2O5S/c1-3-4-12-25-18(22)14-7-9-16(10-8-14)19-17(21)15-6-5-11-20(13-15)26(2,23)24/h7-10,15H,3-6,11-13H2,1-2H3,(H,19,21)/t15-/m1/s1. The van der Waals surface area contributed by atoms with Crippen LogP contribution < -0.4 is 5.32 Å². The molecule has 2 rings (SSSR count). The van der Waals surface area contributed by atoms with Gasteiger partial charge in [0, 0.05) is 18.8 Å². The Labute approximate surface area is 154 Å². The third-order valence-corrected chi connectivity index (χ3v) is 5.61. The number of piperidine rings is 1. The van der Waals surface area contributed by atoms with Gasteiger partial charge in [0.15, 0.2) is 0 Å². The van der Waals surface area contributed by atoms with Crippen LogP contribution in [0.15, 0.2) is 24.3 Å². The van der Waals surface area contributed by atoms with Crippen molar-refractivity contribution in [3.63, 3.8) is 0 Å². The van der Waals surface area contributed by atoms with Gasteiger partial charge >= 0.3 is 5.97 Å². The maximum atomic E-state index is 12.4. The van der Waals surface area contributed by atoms with Gasteiger partial charge < -0.3 is 10.1 Å². The molecule has 1 aliphatic heterocycles. The first kappa shape index (κ1) is 20.4. The van der Waals surface area contributed by atoms with Gasteiger partial charge in [-0.2, -0.15) is 0 Å². The van der Waals surface area contributed by atoms with Crippen molar-refractivity contribution in [3.05, 3.63) is 29.8 Å². The van der Waals surface area contributed by atoms with Gasteiger partial charge in [0.1, 0.15) is 0 Å². The number of ether oxygens (including phenoxy) is 1. The van der Waals surface area contributed by atoms with E-state index in [-0.39, 0.29) is 24.3 Å². The molecule has 1 aliphatic rings. The molecular formula is C18H26N2O5S. The highest BCUT2D eigenvalue weighted by Crippen LogP contribution is 2.21. The molecule has 1 amide bonds. The van der Waals surface area contributed by atoms with Crippen molar-refractivity contribution in [3.8, 4) is 0 Å². The van der Waals surface area contributed by atoms with Gasteiger partial charge in [-0.05, 0) is 43.5 Å². The van der Waals surface area contributed by atoms with Crippen LogP contribution in [0.25, 0.3) is 0 Å². The Kier molecular flexibility index (Phi) is 7.16. The van der Waals surface area contributed by atoms with Crippen LogP contribution in [0.1, 0.15) is 43.0 Å². The van der Waals surface area contributed by atoms with E-state index in [4.69, 9.17) is 4.74 Å². The zero-order chi connectivity index (χ0) is 19.2. The zero-order valence-corrected chi connectivity index (χ0v) is 16.0. The van der Waals surface area contributed by atoms with Crippen LogP contribution in [0.4, 0.5) is 5.69 Å². The van der Waals surface area contributed by atoms with Gasteiger partial charge in [-0.1, -0.05) is 13.3 Å². The van der Waals surface area contributed by atoms with Crippen molar-refractivity contribution in [2.24, 2.45) is 5.92 Å². The quantitative estimate of drug-likeness (QED) is 0.577. The summed E-state index contributed by atoms with van der Waals surface area (Å²) in [5.41, 5.74) is 0.997. The first-order chi connectivity index (χ1) is 12.3. The van der Waals surface area contributed by atoms with Crippen molar-refractivity contribution in [1.29, 1.82) is 0 Å². The van der Waals surface area contributed by atoms with Gasteiger partial charge in [0.25, 0.3) is 0 Å². The fourth-order valence-corrected chi connectivity index (χ4v) is 3.70. The molecule has 0 saturated carbocycles. The normalized spacial score (nSPS) is 18.3. The summed E-state index contributed by atoms with van der Waals surface area (Å²) >= 11 is 0. The van der Waals surface area contributed by atoms with Crippen molar-refractivity contribution < 1.29 is 22.7 Å². The lowest BCUT2D eigenvalue weighted by atomic mass is 9.98. The van der Waals surface area contributed by atoms with Gasteiger partial charge in [-0.3, -0.25) is 4.79 Å². The third kappa shape index (κ3) is 5.81. The Morgan fingerprint density at radius 1 is 1.27 bits per heavy atom. The summed E-state index contributed by atoms with van der Waals surface area (Å²) in [5, 5.41) is 2.79. The third-order valence-electron chi connectivity index (χ3n) is 4.34. The highest BCUT2D eigenvalue weighted by atomic mass is 32.2. The predicted octanol–water partition coefficient (Wildman–Crippen LogP) is 2.25. The molecule has 1 aromatic carbocycles. The Hall–Kier alpha value is -1.93. The first-order valence-corrected chi connectivity index (χ1v) is 10.7. The zero-order valence-electron chi connectivity index (χ0n) is 15.2. The van der Waals surface area contributed by atoms with E-state index in [1.165, 1.54) is 4.31 Å². The molecular weight excluding hydrogens is 356 g/mol. The summed E-state index contributed by atoms with van der Waals surface area (Å²) in [6.07, 6.45) is 4.25. The maximum absolute atomic E-state index is 12.4. The number of rotatable bonds is 7. The molecule has 1 atom stereocenters. The lowest BCUT2D eigenvalue weighted by Gasteiger charge is -2.30. The minimum atomic E-state index is -3.29. The minimum Gasteiger partial charge on any atom is -0.462 e. The number of anilines is 1. The van der Waals surface area contributed by atoms with Crippen molar-refractivity contribution in [1.82, 2.24) is 4.31 Å². The van der Waals surface area contributed by atoms with Crippen LogP contribution in [0.2, 0.25) is 0 Å². The monoisotopic (exact) mass is 382 g/mol. The summed E-state index contributed by atoms with van der Waals surface area (Å²) < 4.78 is 29.8. The number of hydrogen-bond acceptors (Lipinski definition) is 5. The van der Waals surface area contributed by atoms with Gasteiger partial charge in [0.05, 0.1) is 24.3 Å². The van der Waals surface area contributed by atoms with E-state index in [9.17, 15) is 18.0 Å². The Morgan fingerprint density at radius 2 is 1.96 bits per heavy atom. The predicted molar refractivity (Wildman–Crippen MR) is 99.4 cm³/mol. The number of sulfonamides is 1. The molecule has 0 aromatic heterocycles. The largest absolute Gasteiger partial charge is 0.462 e. The van der Waals surface area contributed by atoms with Gasteiger partial charge in [-0.25, -0.2) is 17.5 Å². The summed E-state index contributed by atoms with van der Waals surface area (Å²) in [6, 6.07) is 6.50. The number of esters is 1. The Morgan fingerprint density at radius 3 is 2.58 bits per heavy atom. The topological polar surface area (TPSA) is 92.8 Å². The van der Waals surface area contributed by atoms with Crippen LogP contribution in [-0.4, -0.2) is 50.6 Å². The number of unbranched alkanes of at least 4 members (excludes halogenated alkanes) is 1. The smallest absolute Gasteiger partial charge is 0.338 e. The molecule has 8 heteroatoms. The van der Waals surface area contributed by atoms with Crippen molar-refractivity contribution in [2.45, 2.75) is 32.6 Å². The van der Waals surface area contributed by atoms with Crippen molar-refractivity contribution in [2.75, 3.05) is 31.3 Å². The molecule has 1 fully saturated rings. The summed E-state index contributed by atoms with van der Waals surface area (Å²) in [4.78, 5) is 24.3. The molecule has 0 aliphatic carbocycles.